The van der Waals surface area contributed by atoms with Crippen molar-refractivity contribution in [3.8, 4) is 0 Å². The first-order valence-corrected chi connectivity index (χ1v) is 8.71. The molecule has 0 aliphatic heterocycles. The first-order valence-electron chi connectivity index (χ1n) is 8.71. The Morgan fingerprint density at radius 2 is 1.73 bits per heavy atom. The van der Waals surface area contributed by atoms with Crippen molar-refractivity contribution < 1.29 is 14.3 Å². The van der Waals surface area contributed by atoms with Crippen molar-refractivity contribution in [3.05, 3.63) is 0 Å². The van der Waals surface area contributed by atoms with Crippen LogP contribution in [-0.4, -0.2) is 43.5 Å². The van der Waals surface area contributed by atoms with Gasteiger partial charge in [0, 0.05) is 25.3 Å². The van der Waals surface area contributed by atoms with Crippen LogP contribution in [0.3, 0.4) is 0 Å². The molecule has 22 heavy (non-hydrogen) atoms. The molecule has 1 amide bonds. The van der Waals surface area contributed by atoms with E-state index in [1.54, 1.807) is 0 Å². The van der Waals surface area contributed by atoms with E-state index in [9.17, 15) is 4.79 Å². The van der Waals surface area contributed by atoms with Crippen molar-refractivity contribution in [2.24, 2.45) is 0 Å². The van der Waals surface area contributed by atoms with E-state index in [0.717, 1.165) is 58.3 Å². The Hall–Kier alpha value is -0.810. The molecule has 2 N–H and O–H groups in total. The molecular formula is C17H34N2O3. The van der Waals surface area contributed by atoms with Gasteiger partial charge in [-0.25, -0.2) is 4.79 Å². The van der Waals surface area contributed by atoms with E-state index in [1.165, 1.54) is 0 Å². The average Bonchev–Trinajstić information content (AvgIpc) is 2.42. The molecule has 130 valence electrons. The van der Waals surface area contributed by atoms with E-state index >= 15 is 0 Å². The molecule has 0 aromatic carbocycles. The maximum atomic E-state index is 11.7. The highest BCUT2D eigenvalue weighted by Crippen LogP contribution is 2.19. The zero-order valence-electron chi connectivity index (χ0n) is 14.7. The zero-order valence-corrected chi connectivity index (χ0v) is 14.7. The largest absolute Gasteiger partial charge is 0.444 e. The minimum Gasteiger partial charge on any atom is -0.444 e. The van der Waals surface area contributed by atoms with E-state index in [0.29, 0.717) is 6.04 Å². The van der Waals surface area contributed by atoms with Crippen LogP contribution in [0.4, 0.5) is 4.79 Å². The third-order valence-corrected chi connectivity index (χ3v) is 3.69. The number of alkyl carbamates (subject to hydrolysis) is 1. The number of carbonyl (C=O) groups excluding carboxylic acids is 1. The number of ether oxygens (including phenoxy) is 2. The molecule has 0 bridgehead atoms. The minimum atomic E-state index is -0.428. The topological polar surface area (TPSA) is 59.6 Å². The summed E-state index contributed by atoms with van der Waals surface area (Å²) in [5.41, 5.74) is -0.428. The van der Waals surface area contributed by atoms with Crippen molar-refractivity contribution >= 4 is 6.09 Å². The summed E-state index contributed by atoms with van der Waals surface area (Å²) < 4.78 is 10.8. The maximum Gasteiger partial charge on any atom is 0.407 e. The van der Waals surface area contributed by atoms with Crippen LogP contribution in [0.2, 0.25) is 0 Å². The van der Waals surface area contributed by atoms with Gasteiger partial charge in [-0.05, 0) is 65.8 Å². The Labute approximate surface area is 135 Å². The van der Waals surface area contributed by atoms with Crippen LogP contribution in [0.1, 0.15) is 66.2 Å². The summed E-state index contributed by atoms with van der Waals surface area (Å²) in [4.78, 5) is 11.7. The molecule has 1 rings (SSSR count). The van der Waals surface area contributed by atoms with Gasteiger partial charge in [0.05, 0.1) is 0 Å². The van der Waals surface area contributed by atoms with E-state index in [-0.39, 0.29) is 12.1 Å². The minimum absolute atomic E-state index is 0.251. The van der Waals surface area contributed by atoms with Crippen LogP contribution >= 0.6 is 0 Å². The molecule has 1 saturated carbocycles. The Kier molecular flexibility index (Phi) is 8.79. The van der Waals surface area contributed by atoms with Crippen LogP contribution in [0.5, 0.6) is 0 Å². The SMILES string of the molecule is CCCOCCCNC1CCC(NC(=O)OC(C)(C)C)CC1. The van der Waals surface area contributed by atoms with E-state index < -0.39 is 5.60 Å². The summed E-state index contributed by atoms with van der Waals surface area (Å²) in [5, 5.41) is 6.56. The maximum absolute atomic E-state index is 11.7. The van der Waals surface area contributed by atoms with Crippen LogP contribution in [-0.2, 0) is 9.47 Å². The summed E-state index contributed by atoms with van der Waals surface area (Å²) in [5.74, 6) is 0. The highest BCUT2D eigenvalue weighted by molar-refractivity contribution is 5.68. The van der Waals surface area contributed by atoms with Crippen molar-refractivity contribution in [1.29, 1.82) is 0 Å². The molecule has 0 aromatic heterocycles. The molecule has 0 aromatic rings. The van der Waals surface area contributed by atoms with Gasteiger partial charge in [0.25, 0.3) is 0 Å². The predicted molar refractivity (Wildman–Crippen MR) is 89.1 cm³/mol. The monoisotopic (exact) mass is 314 g/mol. The van der Waals surface area contributed by atoms with Gasteiger partial charge in [0.15, 0.2) is 0 Å². The molecule has 5 heteroatoms. The van der Waals surface area contributed by atoms with Crippen molar-refractivity contribution in [1.82, 2.24) is 10.6 Å². The smallest absolute Gasteiger partial charge is 0.407 e. The fourth-order valence-corrected chi connectivity index (χ4v) is 2.64. The lowest BCUT2D eigenvalue weighted by Gasteiger charge is -2.30. The number of hydrogen-bond acceptors (Lipinski definition) is 4. The van der Waals surface area contributed by atoms with Crippen LogP contribution < -0.4 is 10.6 Å². The van der Waals surface area contributed by atoms with Crippen molar-refractivity contribution in [3.63, 3.8) is 0 Å². The first kappa shape index (κ1) is 19.2. The Bertz CT molecular complexity index is 308. The van der Waals surface area contributed by atoms with Gasteiger partial charge in [-0.2, -0.15) is 0 Å². The highest BCUT2D eigenvalue weighted by atomic mass is 16.6. The van der Waals surface area contributed by atoms with Gasteiger partial charge < -0.3 is 20.1 Å². The lowest BCUT2D eigenvalue weighted by Crippen LogP contribution is -2.44. The zero-order chi connectivity index (χ0) is 16.4. The van der Waals surface area contributed by atoms with E-state index in [2.05, 4.69) is 17.6 Å². The predicted octanol–water partition coefficient (Wildman–Crippen LogP) is 3.23. The quantitative estimate of drug-likeness (QED) is 0.675. The number of carbonyl (C=O) groups is 1. The summed E-state index contributed by atoms with van der Waals surface area (Å²) >= 11 is 0. The van der Waals surface area contributed by atoms with Crippen molar-refractivity contribution in [2.75, 3.05) is 19.8 Å². The van der Waals surface area contributed by atoms with Gasteiger partial charge in [0.1, 0.15) is 5.60 Å². The van der Waals surface area contributed by atoms with E-state index in [1.807, 2.05) is 20.8 Å². The number of hydrogen-bond donors (Lipinski definition) is 2. The summed E-state index contributed by atoms with van der Waals surface area (Å²) in [7, 11) is 0. The van der Waals surface area contributed by atoms with Gasteiger partial charge in [0.2, 0.25) is 0 Å². The summed E-state index contributed by atoms with van der Waals surface area (Å²) in [6.45, 7) is 10.5. The Balaban J connectivity index is 2.07. The molecule has 0 spiro atoms. The standard InChI is InChI=1S/C17H34N2O3/c1-5-12-21-13-6-11-18-14-7-9-15(10-8-14)19-16(20)22-17(2,3)4/h14-15,18H,5-13H2,1-4H3,(H,19,20). The Morgan fingerprint density at radius 3 is 2.32 bits per heavy atom. The van der Waals surface area contributed by atoms with Crippen LogP contribution in [0, 0.1) is 0 Å². The molecule has 1 aliphatic rings. The highest BCUT2D eigenvalue weighted by Gasteiger charge is 2.24. The second kappa shape index (κ2) is 10.1. The molecule has 0 atom stereocenters. The summed E-state index contributed by atoms with van der Waals surface area (Å²) in [6, 6.07) is 0.823. The van der Waals surface area contributed by atoms with Gasteiger partial charge in [-0.15, -0.1) is 0 Å². The van der Waals surface area contributed by atoms with Gasteiger partial charge in [-0.1, -0.05) is 6.92 Å². The third-order valence-electron chi connectivity index (χ3n) is 3.69. The second-order valence-corrected chi connectivity index (χ2v) is 7.11. The molecule has 1 fully saturated rings. The molecule has 0 saturated heterocycles. The molecule has 1 aliphatic carbocycles. The molecule has 0 radical (unpaired) electrons. The van der Waals surface area contributed by atoms with Gasteiger partial charge >= 0.3 is 6.09 Å². The molecule has 5 nitrogen and oxygen atoms in total. The number of rotatable bonds is 8. The van der Waals surface area contributed by atoms with Crippen LogP contribution in [0.25, 0.3) is 0 Å². The normalized spacial score (nSPS) is 22.4. The lowest BCUT2D eigenvalue weighted by molar-refractivity contribution is 0.0489. The fraction of sp³-hybridized carbons (Fsp3) is 0.941. The third kappa shape index (κ3) is 9.26. The summed E-state index contributed by atoms with van der Waals surface area (Å²) in [6.07, 6.45) is 6.11. The number of amides is 1. The first-order chi connectivity index (χ1) is 10.4. The average molecular weight is 314 g/mol. The Morgan fingerprint density at radius 1 is 1.09 bits per heavy atom. The second-order valence-electron chi connectivity index (χ2n) is 7.11. The molecule has 0 heterocycles. The van der Waals surface area contributed by atoms with Gasteiger partial charge in [-0.3, -0.25) is 0 Å². The lowest BCUT2D eigenvalue weighted by atomic mass is 9.91. The van der Waals surface area contributed by atoms with E-state index in [4.69, 9.17) is 9.47 Å². The number of nitrogens with one attached hydrogen (secondary N) is 2. The molecule has 0 unspecified atom stereocenters. The molecular weight excluding hydrogens is 280 g/mol. The fourth-order valence-electron chi connectivity index (χ4n) is 2.64. The van der Waals surface area contributed by atoms with Crippen LogP contribution in [0.15, 0.2) is 0 Å². The van der Waals surface area contributed by atoms with Crippen molar-refractivity contribution in [2.45, 2.75) is 83.9 Å².